The Morgan fingerprint density at radius 2 is 2.05 bits per heavy atom. The van der Waals surface area contributed by atoms with Crippen molar-refractivity contribution in [2.24, 2.45) is 11.7 Å². The van der Waals surface area contributed by atoms with Gasteiger partial charge in [-0.25, -0.2) is 0 Å². The summed E-state index contributed by atoms with van der Waals surface area (Å²) in [6, 6.07) is 0.0404. The summed E-state index contributed by atoms with van der Waals surface area (Å²) < 4.78 is 5.16. The minimum Gasteiger partial charge on any atom is -0.465 e. The molecule has 1 amide bonds. The predicted molar refractivity (Wildman–Crippen MR) is 73.4 cm³/mol. The van der Waals surface area contributed by atoms with Crippen LogP contribution in [0.1, 0.15) is 46.5 Å². The molecule has 1 aliphatic heterocycles. The Kier molecular flexibility index (Phi) is 6.28. The maximum Gasteiger partial charge on any atom is 0.323 e. The van der Waals surface area contributed by atoms with Crippen LogP contribution < -0.4 is 5.73 Å². The highest BCUT2D eigenvalue weighted by atomic mass is 16.5. The lowest BCUT2D eigenvalue weighted by Crippen LogP contribution is -2.53. The van der Waals surface area contributed by atoms with E-state index in [0.29, 0.717) is 13.2 Å². The quantitative estimate of drug-likeness (QED) is 0.738. The van der Waals surface area contributed by atoms with Gasteiger partial charge in [0, 0.05) is 12.6 Å². The van der Waals surface area contributed by atoms with E-state index in [1.54, 1.807) is 0 Å². The Morgan fingerprint density at radius 3 is 2.58 bits per heavy atom. The van der Waals surface area contributed by atoms with E-state index < -0.39 is 0 Å². The van der Waals surface area contributed by atoms with Crippen molar-refractivity contribution in [3.63, 3.8) is 0 Å². The molecule has 3 atom stereocenters. The second-order valence-corrected chi connectivity index (χ2v) is 5.28. The highest BCUT2D eigenvalue weighted by Crippen LogP contribution is 2.25. The Morgan fingerprint density at radius 1 is 1.37 bits per heavy atom. The molecule has 3 unspecified atom stereocenters. The molecule has 5 heteroatoms. The average Bonchev–Trinajstić information content (AvgIpc) is 2.37. The van der Waals surface area contributed by atoms with Crippen molar-refractivity contribution in [1.29, 1.82) is 0 Å². The number of primary amides is 1. The predicted octanol–water partition coefficient (Wildman–Crippen LogP) is 1.30. The number of esters is 1. The summed E-state index contributed by atoms with van der Waals surface area (Å²) in [5.41, 5.74) is 5.40. The Hall–Kier alpha value is -1.10. The van der Waals surface area contributed by atoms with Crippen LogP contribution in [-0.2, 0) is 14.3 Å². The Bertz CT molecular complexity index is 320. The van der Waals surface area contributed by atoms with Gasteiger partial charge in [0.1, 0.15) is 6.04 Å². The lowest BCUT2D eigenvalue weighted by molar-refractivity contribution is -0.152. The van der Waals surface area contributed by atoms with Gasteiger partial charge < -0.3 is 10.5 Å². The first-order valence-electron chi connectivity index (χ1n) is 7.22. The minimum absolute atomic E-state index is 0.148. The molecule has 0 aliphatic carbocycles. The number of hydrogen-bond donors (Lipinski definition) is 1. The highest BCUT2D eigenvalue weighted by Gasteiger charge is 2.36. The van der Waals surface area contributed by atoms with Crippen LogP contribution in [0.25, 0.3) is 0 Å². The van der Waals surface area contributed by atoms with Gasteiger partial charge in [0.05, 0.1) is 12.5 Å². The number of likely N-dealkylation sites (tertiary alicyclic amines) is 1. The van der Waals surface area contributed by atoms with Crippen LogP contribution in [0.3, 0.4) is 0 Å². The van der Waals surface area contributed by atoms with Crippen molar-refractivity contribution in [1.82, 2.24) is 4.90 Å². The molecule has 1 saturated heterocycles. The number of ether oxygens (including phenoxy) is 1. The molecule has 0 saturated carbocycles. The third-order valence-electron chi connectivity index (χ3n) is 3.85. The maximum atomic E-state index is 12.1. The molecule has 5 nitrogen and oxygen atoms in total. The topological polar surface area (TPSA) is 72.6 Å². The van der Waals surface area contributed by atoms with Crippen LogP contribution in [0.15, 0.2) is 0 Å². The minimum atomic E-state index is -0.268. The Labute approximate surface area is 115 Å². The van der Waals surface area contributed by atoms with Crippen LogP contribution in [0, 0.1) is 5.92 Å². The summed E-state index contributed by atoms with van der Waals surface area (Å²) in [5.74, 6) is -0.595. The maximum absolute atomic E-state index is 12.1. The first-order chi connectivity index (χ1) is 9.01. The number of piperidine rings is 1. The standard InChI is InChI=1S/C14H26N2O3/c1-4-6-12(14(18)19-5-2)16-9-11(13(15)17)8-7-10(16)3/h10-12H,4-9H2,1-3H3,(H2,15,17). The van der Waals surface area contributed by atoms with E-state index >= 15 is 0 Å². The summed E-state index contributed by atoms with van der Waals surface area (Å²) in [4.78, 5) is 25.5. The molecule has 0 aromatic rings. The molecule has 1 rings (SSSR count). The second kappa shape index (κ2) is 7.48. The molecular formula is C14H26N2O3. The van der Waals surface area contributed by atoms with Crippen LogP contribution in [0.5, 0.6) is 0 Å². The molecule has 0 radical (unpaired) electrons. The van der Waals surface area contributed by atoms with E-state index in [9.17, 15) is 9.59 Å². The first-order valence-corrected chi connectivity index (χ1v) is 7.22. The Balaban J connectivity index is 2.79. The van der Waals surface area contributed by atoms with Crippen LogP contribution in [-0.4, -0.2) is 42.0 Å². The van der Waals surface area contributed by atoms with Crippen molar-refractivity contribution in [2.75, 3.05) is 13.2 Å². The molecule has 0 aromatic carbocycles. The summed E-state index contributed by atoms with van der Waals surface area (Å²) in [7, 11) is 0. The summed E-state index contributed by atoms with van der Waals surface area (Å²) in [6.07, 6.45) is 3.38. The molecule has 1 heterocycles. The van der Waals surface area contributed by atoms with Crippen molar-refractivity contribution >= 4 is 11.9 Å². The number of hydrogen-bond acceptors (Lipinski definition) is 4. The number of carbonyl (C=O) groups excluding carboxylic acids is 2. The summed E-state index contributed by atoms with van der Waals surface area (Å²) in [5, 5.41) is 0. The monoisotopic (exact) mass is 270 g/mol. The van der Waals surface area contributed by atoms with Crippen molar-refractivity contribution < 1.29 is 14.3 Å². The fourth-order valence-electron chi connectivity index (χ4n) is 2.73. The van der Waals surface area contributed by atoms with Gasteiger partial charge in [-0.1, -0.05) is 13.3 Å². The molecular weight excluding hydrogens is 244 g/mol. The normalized spacial score (nSPS) is 25.8. The summed E-state index contributed by atoms with van der Waals surface area (Å²) >= 11 is 0. The lowest BCUT2D eigenvalue weighted by atomic mass is 9.90. The van der Waals surface area contributed by atoms with E-state index in [4.69, 9.17) is 10.5 Å². The molecule has 19 heavy (non-hydrogen) atoms. The highest BCUT2D eigenvalue weighted by molar-refractivity contribution is 5.78. The van der Waals surface area contributed by atoms with Gasteiger partial charge in [0.2, 0.25) is 5.91 Å². The van der Waals surface area contributed by atoms with Crippen LogP contribution in [0.2, 0.25) is 0 Å². The fraction of sp³-hybridized carbons (Fsp3) is 0.857. The third kappa shape index (κ3) is 4.20. The van der Waals surface area contributed by atoms with Crippen molar-refractivity contribution in [2.45, 2.75) is 58.5 Å². The van der Waals surface area contributed by atoms with Gasteiger partial charge in [-0.15, -0.1) is 0 Å². The molecule has 0 aromatic heterocycles. The van der Waals surface area contributed by atoms with Crippen molar-refractivity contribution in [3.05, 3.63) is 0 Å². The molecule has 0 spiro atoms. The van der Waals surface area contributed by atoms with E-state index in [1.807, 2.05) is 13.8 Å². The zero-order valence-electron chi connectivity index (χ0n) is 12.2. The fourth-order valence-corrected chi connectivity index (χ4v) is 2.73. The zero-order valence-corrected chi connectivity index (χ0v) is 12.2. The number of nitrogens with zero attached hydrogens (tertiary/aromatic N) is 1. The second-order valence-electron chi connectivity index (χ2n) is 5.28. The molecule has 2 N–H and O–H groups in total. The van der Waals surface area contributed by atoms with Crippen LogP contribution in [0.4, 0.5) is 0 Å². The number of amides is 1. The molecule has 0 bridgehead atoms. The van der Waals surface area contributed by atoms with Gasteiger partial charge in [-0.2, -0.15) is 0 Å². The average molecular weight is 270 g/mol. The van der Waals surface area contributed by atoms with E-state index in [0.717, 1.165) is 25.7 Å². The number of nitrogens with two attached hydrogens (primary N) is 1. The van der Waals surface area contributed by atoms with Gasteiger partial charge >= 0.3 is 5.97 Å². The number of rotatable bonds is 6. The van der Waals surface area contributed by atoms with E-state index in [1.165, 1.54) is 0 Å². The molecule has 1 fully saturated rings. The SMILES string of the molecule is CCCC(C(=O)OCC)N1CC(C(N)=O)CCC1C. The van der Waals surface area contributed by atoms with Gasteiger partial charge in [0.25, 0.3) is 0 Å². The summed E-state index contributed by atoms with van der Waals surface area (Å²) in [6.45, 7) is 6.92. The third-order valence-corrected chi connectivity index (χ3v) is 3.85. The van der Waals surface area contributed by atoms with E-state index in [-0.39, 0.29) is 29.9 Å². The molecule has 110 valence electrons. The lowest BCUT2D eigenvalue weighted by Gasteiger charge is -2.40. The van der Waals surface area contributed by atoms with Gasteiger partial charge in [0.15, 0.2) is 0 Å². The first kappa shape index (κ1) is 16.0. The van der Waals surface area contributed by atoms with E-state index in [2.05, 4.69) is 11.8 Å². The number of carbonyl (C=O) groups is 2. The van der Waals surface area contributed by atoms with Gasteiger partial charge in [-0.3, -0.25) is 14.5 Å². The smallest absolute Gasteiger partial charge is 0.323 e. The molecule has 1 aliphatic rings. The zero-order chi connectivity index (χ0) is 14.4. The van der Waals surface area contributed by atoms with Crippen molar-refractivity contribution in [3.8, 4) is 0 Å². The van der Waals surface area contributed by atoms with Gasteiger partial charge in [-0.05, 0) is 33.1 Å². The van der Waals surface area contributed by atoms with Crippen LogP contribution >= 0.6 is 0 Å². The largest absolute Gasteiger partial charge is 0.465 e.